The van der Waals surface area contributed by atoms with E-state index in [9.17, 15) is 15.0 Å². The standard InChI is InChI=1S/C21H29Cl2N3O3/c1-14-20(29)25(8-9-26(14)15-2-3-17(22)18(23)10-15)12-16(27)11-24-7-6-21(4-5-21)19(28)13-24/h2-3,10,14,16,19,27-28H,4-9,11-13H2,1H3/t14-,16-,19+/m0/s1. The van der Waals surface area contributed by atoms with Gasteiger partial charge in [-0.15, -0.1) is 0 Å². The van der Waals surface area contributed by atoms with Gasteiger partial charge >= 0.3 is 0 Å². The average Bonchev–Trinajstić information content (AvgIpc) is 3.46. The maximum atomic E-state index is 12.9. The van der Waals surface area contributed by atoms with Crippen molar-refractivity contribution >= 4 is 34.8 Å². The average molecular weight is 442 g/mol. The predicted octanol–water partition coefficient (Wildman–Crippen LogP) is 2.24. The number of aliphatic hydroxyl groups is 2. The molecule has 8 heteroatoms. The lowest BCUT2D eigenvalue weighted by Crippen LogP contribution is -2.58. The number of halogens is 2. The van der Waals surface area contributed by atoms with E-state index in [2.05, 4.69) is 4.90 Å². The van der Waals surface area contributed by atoms with Gasteiger partial charge in [0.2, 0.25) is 5.91 Å². The summed E-state index contributed by atoms with van der Waals surface area (Å²) in [6.45, 7) is 5.42. The molecule has 0 unspecified atom stereocenters. The van der Waals surface area contributed by atoms with Gasteiger partial charge in [0.15, 0.2) is 0 Å². The van der Waals surface area contributed by atoms with Crippen molar-refractivity contribution in [3.05, 3.63) is 28.2 Å². The molecule has 3 fully saturated rings. The highest BCUT2D eigenvalue weighted by Gasteiger charge is 2.51. The zero-order valence-electron chi connectivity index (χ0n) is 16.7. The second-order valence-corrected chi connectivity index (χ2v) is 9.61. The first-order chi connectivity index (χ1) is 13.8. The molecule has 4 rings (SSSR count). The van der Waals surface area contributed by atoms with Crippen LogP contribution < -0.4 is 4.90 Å². The molecule has 0 bridgehead atoms. The molecule has 2 N–H and O–H groups in total. The number of benzene rings is 1. The summed E-state index contributed by atoms with van der Waals surface area (Å²) in [5, 5.41) is 21.9. The lowest BCUT2D eigenvalue weighted by Gasteiger charge is -2.42. The third-order valence-electron chi connectivity index (χ3n) is 6.84. The van der Waals surface area contributed by atoms with Crippen LogP contribution in [0.3, 0.4) is 0 Å². The largest absolute Gasteiger partial charge is 0.391 e. The van der Waals surface area contributed by atoms with Crippen LogP contribution in [-0.4, -0.2) is 83.4 Å². The minimum absolute atomic E-state index is 0.00279. The quantitative estimate of drug-likeness (QED) is 0.733. The maximum Gasteiger partial charge on any atom is 0.245 e. The molecule has 2 aliphatic heterocycles. The number of anilines is 1. The number of likely N-dealkylation sites (tertiary alicyclic amines) is 1. The van der Waals surface area contributed by atoms with Gasteiger partial charge in [-0.2, -0.15) is 0 Å². The second-order valence-electron chi connectivity index (χ2n) is 8.79. The van der Waals surface area contributed by atoms with Crippen molar-refractivity contribution < 1.29 is 15.0 Å². The Morgan fingerprint density at radius 1 is 1.14 bits per heavy atom. The van der Waals surface area contributed by atoms with Crippen LogP contribution in [0.2, 0.25) is 10.0 Å². The third-order valence-corrected chi connectivity index (χ3v) is 7.58. The van der Waals surface area contributed by atoms with E-state index >= 15 is 0 Å². The molecule has 3 aliphatic rings. The number of carbonyl (C=O) groups is 1. The molecule has 1 saturated carbocycles. The highest BCUT2D eigenvalue weighted by Crippen LogP contribution is 2.53. The van der Waals surface area contributed by atoms with E-state index in [1.165, 1.54) is 0 Å². The summed E-state index contributed by atoms with van der Waals surface area (Å²) in [6.07, 6.45) is 2.34. The Balaban J connectivity index is 1.31. The Morgan fingerprint density at radius 3 is 2.55 bits per heavy atom. The molecule has 0 radical (unpaired) electrons. The van der Waals surface area contributed by atoms with Crippen LogP contribution in [0, 0.1) is 5.41 Å². The molecule has 1 aromatic carbocycles. The minimum atomic E-state index is -0.622. The Morgan fingerprint density at radius 2 is 1.90 bits per heavy atom. The molecule has 160 valence electrons. The maximum absolute atomic E-state index is 12.9. The van der Waals surface area contributed by atoms with Gasteiger partial charge in [-0.25, -0.2) is 0 Å². The van der Waals surface area contributed by atoms with Gasteiger partial charge in [0.1, 0.15) is 6.04 Å². The van der Waals surface area contributed by atoms with Crippen LogP contribution in [-0.2, 0) is 4.79 Å². The van der Waals surface area contributed by atoms with E-state index < -0.39 is 6.10 Å². The molecular formula is C21H29Cl2N3O3. The first-order valence-corrected chi connectivity index (χ1v) is 11.1. The van der Waals surface area contributed by atoms with Gasteiger partial charge in [-0.3, -0.25) is 9.69 Å². The van der Waals surface area contributed by atoms with Crippen molar-refractivity contribution in [2.24, 2.45) is 5.41 Å². The minimum Gasteiger partial charge on any atom is -0.391 e. The number of β-amino-alcohol motifs (C(OH)–C–C–N with tert-alkyl or cyclic N) is 2. The highest BCUT2D eigenvalue weighted by atomic mass is 35.5. The van der Waals surface area contributed by atoms with Crippen molar-refractivity contribution in [3.8, 4) is 0 Å². The first-order valence-electron chi connectivity index (χ1n) is 10.4. The molecule has 1 aromatic rings. The van der Waals surface area contributed by atoms with Crippen molar-refractivity contribution in [1.29, 1.82) is 0 Å². The monoisotopic (exact) mass is 441 g/mol. The number of nitrogens with zero attached hydrogens (tertiary/aromatic N) is 3. The van der Waals surface area contributed by atoms with Gasteiger partial charge in [0.25, 0.3) is 0 Å². The summed E-state index contributed by atoms with van der Waals surface area (Å²) >= 11 is 12.1. The Bertz CT molecular complexity index is 774. The molecule has 1 spiro atoms. The van der Waals surface area contributed by atoms with Crippen molar-refractivity contribution in [1.82, 2.24) is 9.80 Å². The van der Waals surface area contributed by atoms with Gasteiger partial charge in [-0.05, 0) is 56.3 Å². The zero-order chi connectivity index (χ0) is 20.8. The van der Waals surface area contributed by atoms with Gasteiger partial charge in [0, 0.05) is 38.4 Å². The van der Waals surface area contributed by atoms with Gasteiger partial charge in [-0.1, -0.05) is 23.2 Å². The van der Waals surface area contributed by atoms with E-state index in [1.807, 2.05) is 17.9 Å². The molecular weight excluding hydrogens is 413 g/mol. The fraction of sp³-hybridized carbons (Fsp3) is 0.667. The molecule has 3 atom stereocenters. The Kier molecular flexibility index (Phi) is 6.02. The van der Waals surface area contributed by atoms with Crippen molar-refractivity contribution in [2.45, 2.75) is 44.4 Å². The van der Waals surface area contributed by atoms with Crippen molar-refractivity contribution in [2.75, 3.05) is 44.2 Å². The van der Waals surface area contributed by atoms with Gasteiger partial charge in [0.05, 0.1) is 22.3 Å². The normalized spacial score (nSPS) is 28.1. The lowest BCUT2D eigenvalue weighted by atomic mass is 9.90. The molecule has 0 aromatic heterocycles. The molecule has 1 amide bonds. The Labute approximate surface area is 182 Å². The summed E-state index contributed by atoms with van der Waals surface area (Å²) in [5.41, 5.74) is 1.03. The molecule has 1 aliphatic carbocycles. The number of hydrogen-bond donors (Lipinski definition) is 2. The number of amides is 1. The number of hydrogen-bond acceptors (Lipinski definition) is 5. The number of rotatable bonds is 5. The Hall–Kier alpha value is -1.05. The van der Waals surface area contributed by atoms with E-state index in [0.29, 0.717) is 42.8 Å². The van der Waals surface area contributed by atoms with E-state index in [-0.39, 0.29) is 23.5 Å². The lowest BCUT2D eigenvalue weighted by molar-refractivity contribution is -0.135. The number of carbonyl (C=O) groups excluding carboxylic acids is 1. The summed E-state index contributed by atoms with van der Waals surface area (Å²) in [7, 11) is 0. The van der Waals surface area contributed by atoms with Crippen LogP contribution in [0.5, 0.6) is 0 Å². The van der Waals surface area contributed by atoms with Crippen LogP contribution in [0.4, 0.5) is 5.69 Å². The highest BCUT2D eigenvalue weighted by molar-refractivity contribution is 6.42. The molecule has 6 nitrogen and oxygen atoms in total. The van der Waals surface area contributed by atoms with E-state index in [0.717, 1.165) is 31.5 Å². The fourth-order valence-corrected chi connectivity index (χ4v) is 5.02. The number of piperazine rings is 1. The molecule has 2 heterocycles. The van der Waals surface area contributed by atoms with Crippen LogP contribution in [0.15, 0.2) is 18.2 Å². The first kappa shape index (κ1) is 21.2. The predicted molar refractivity (Wildman–Crippen MR) is 115 cm³/mol. The number of aliphatic hydroxyl groups excluding tert-OH is 2. The van der Waals surface area contributed by atoms with E-state index in [1.54, 1.807) is 17.0 Å². The summed E-state index contributed by atoms with van der Waals surface area (Å²) < 4.78 is 0. The zero-order valence-corrected chi connectivity index (χ0v) is 18.2. The third kappa shape index (κ3) is 4.37. The topological polar surface area (TPSA) is 67.2 Å². The fourth-order valence-electron chi connectivity index (χ4n) is 4.72. The smallest absolute Gasteiger partial charge is 0.245 e. The van der Waals surface area contributed by atoms with E-state index in [4.69, 9.17) is 23.2 Å². The molecule has 2 saturated heterocycles. The summed E-state index contributed by atoms with van der Waals surface area (Å²) in [5.74, 6) is -0.00279. The van der Waals surface area contributed by atoms with Crippen molar-refractivity contribution in [3.63, 3.8) is 0 Å². The van der Waals surface area contributed by atoms with Crippen LogP contribution in [0.1, 0.15) is 26.2 Å². The second kappa shape index (κ2) is 8.23. The van der Waals surface area contributed by atoms with Crippen LogP contribution >= 0.6 is 23.2 Å². The number of piperidine rings is 1. The van der Waals surface area contributed by atoms with Gasteiger partial charge < -0.3 is 20.0 Å². The molecule has 29 heavy (non-hydrogen) atoms. The SMILES string of the molecule is C[C@H]1C(=O)N(C[C@@H](O)CN2CCC3(CC3)[C@H](O)C2)CCN1c1ccc(Cl)c(Cl)c1. The summed E-state index contributed by atoms with van der Waals surface area (Å²) in [4.78, 5) is 18.8. The van der Waals surface area contributed by atoms with Crippen LogP contribution in [0.25, 0.3) is 0 Å². The summed E-state index contributed by atoms with van der Waals surface area (Å²) in [6, 6.07) is 5.06.